The van der Waals surface area contributed by atoms with Crippen molar-refractivity contribution >= 4 is 17.6 Å². The molecule has 2 N–H and O–H groups in total. The first-order valence-corrected chi connectivity index (χ1v) is 9.20. The number of benzene rings is 1. The van der Waals surface area contributed by atoms with Gasteiger partial charge in [0.05, 0.1) is 12.5 Å². The largest absolute Gasteiger partial charge is 0.573 e. The van der Waals surface area contributed by atoms with Crippen molar-refractivity contribution in [2.24, 2.45) is 5.92 Å². The van der Waals surface area contributed by atoms with Crippen molar-refractivity contribution in [3.05, 3.63) is 24.0 Å². The van der Waals surface area contributed by atoms with E-state index in [2.05, 4.69) is 15.4 Å². The molecular formula is C18H21F4N3O4. The lowest BCUT2D eigenvalue weighted by Crippen LogP contribution is -2.49. The fraction of sp³-hybridized carbons (Fsp3) is 0.556. The normalized spacial score (nSPS) is 20.4. The van der Waals surface area contributed by atoms with E-state index in [0.29, 0.717) is 39.1 Å². The van der Waals surface area contributed by atoms with Crippen molar-refractivity contribution in [3.63, 3.8) is 0 Å². The highest BCUT2D eigenvalue weighted by molar-refractivity contribution is 5.89. The van der Waals surface area contributed by atoms with Gasteiger partial charge in [0.2, 0.25) is 5.91 Å². The van der Waals surface area contributed by atoms with E-state index >= 15 is 0 Å². The minimum absolute atomic E-state index is 0.0108. The number of carbonyl (C=O) groups excluding carboxylic acids is 2. The first kappa shape index (κ1) is 21.2. The van der Waals surface area contributed by atoms with E-state index in [1.165, 1.54) is 0 Å². The summed E-state index contributed by atoms with van der Waals surface area (Å²) in [5, 5.41) is 5.10. The molecule has 2 aliphatic heterocycles. The summed E-state index contributed by atoms with van der Waals surface area (Å²) in [5.74, 6) is -2.25. The van der Waals surface area contributed by atoms with E-state index in [1.54, 1.807) is 4.90 Å². The lowest BCUT2D eigenvalue weighted by Gasteiger charge is -2.33. The van der Waals surface area contributed by atoms with E-state index in [4.69, 9.17) is 4.74 Å². The van der Waals surface area contributed by atoms with E-state index in [0.717, 1.165) is 24.6 Å². The van der Waals surface area contributed by atoms with Gasteiger partial charge in [0.15, 0.2) is 11.6 Å². The van der Waals surface area contributed by atoms with Crippen LogP contribution in [0.25, 0.3) is 0 Å². The minimum atomic E-state index is -5.01. The van der Waals surface area contributed by atoms with Gasteiger partial charge >= 0.3 is 12.4 Å². The third-order valence-corrected chi connectivity index (χ3v) is 4.84. The molecule has 7 nitrogen and oxygen atoms in total. The van der Waals surface area contributed by atoms with Crippen molar-refractivity contribution in [2.45, 2.75) is 31.7 Å². The van der Waals surface area contributed by atoms with Crippen molar-refractivity contribution in [3.8, 4) is 5.75 Å². The number of likely N-dealkylation sites (tertiary alicyclic amines) is 1. The van der Waals surface area contributed by atoms with Gasteiger partial charge in [-0.2, -0.15) is 0 Å². The van der Waals surface area contributed by atoms with E-state index < -0.39 is 24.0 Å². The van der Waals surface area contributed by atoms with E-state index in [1.807, 2.05) is 0 Å². The minimum Gasteiger partial charge on any atom is -0.403 e. The molecule has 3 amide bonds. The zero-order chi connectivity index (χ0) is 21.0. The average Bonchev–Trinajstić information content (AvgIpc) is 3.18. The molecular weight excluding hydrogens is 398 g/mol. The maximum Gasteiger partial charge on any atom is 0.573 e. The Kier molecular flexibility index (Phi) is 6.46. The molecule has 0 unspecified atom stereocenters. The zero-order valence-electron chi connectivity index (χ0n) is 15.4. The van der Waals surface area contributed by atoms with Gasteiger partial charge < -0.3 is 25.0 Å². The zero-order valence-corrected chi connectivity index (χ0v) is 15.4. The summed E-state index contributed by atoms with van der Waals surface area (Å²) in [5.41, 5.74) is -0.0108. The number of hydrogen-bond acceptors (Lipinski definition) is 4. The number of ether oxygens (including phenoxy) is 2. The van der Waals surface area contributed by atoms with Crippen LogP contribution in [0.3, 0.4) is 0 Å². The summed E-state index contributed by atoms with van der Waals surface area (Å²) in [4.78, 5) is 26.2. The van der Waals surface area contributed by atoms with Crippen LogP contribution in [-0.4, -0.2) is 55.5 Å². The van der Waals surface area contributed by atoms with Gasteiger partial charge in [-0.05, 0) is 31.4 Å². The van der Waals surface area contributed by atoms with Crippen LogP contribution in [0, 0.1) is 11.7 Å². The number of anilines is 1. The topological polar surface area (TPSA) is 79.9 Å². The number of alkyl halides is 3. The van der Waals surface area contributed by atoms with Gasteiger partial charge in [-0.15, -0.1) is 13.2 Å². The smallest absolute Gasteiger partial charge is 0.403 e. The molecule has 0 spiro atoms. The summed E-state index contributed by atoms with van der Waals surface area (Å²) >= 11 is 0. The van der Waals surface area contributed by atoms with Crippen LogP contribution in [-0.2, 0) is 9.53 Å². The van der Waals surface area contributed by atoms with E-state index in [9.17, 15) is 27.2 Å². The van der Waals surface area contributed by atoms with Crippen molar-refractivity contribution in [1.82, 2.24) is 10.2 Å². The lowest BCUT2D eigenvalue weighted by molar-refractivity contribution is -0.275. The third-order valence-electron chi connectivity index (χ3n) is 4.84. The Morgan fingerprint density at radius 1 is 1.17 bits per heavy atom. The van der Waals surface area contributed by atoms with Gasteiger partial charge in [-0.1, -0.05) is 0 Å². The number of hydrogen-bond donors (Lipinski definition) is 2. The van der Waals surface area contributed by atoms with Gasteiger partial charge in [0.1, 0.15) is 0 Å². The summed E-state index contributed by atoms with van der Waals surface area (Å²) < 4.78 is 58.9. The number of piperidine rings is 1. The van der Waals surface area contributed by atoms with Crippen LogP contribution < -0.4 is 15.4 Å². The monoisotopic (exact) mass is 419 g/mol. The number of halogens is 4. The molecule has 0 aliphatic carbocycles. The quantitative estimate of drug-likeness (QED) is 0.736. The fourth-order valence-corrected chi connectivity index (χ4v) is 3.37. The summed E-state index contributed by atoms with van der Waals surface area (Å²) in [6.07, 6.45) is -3.14. The maximum absolute atomic E-state index is 13.7. The Morgan fingerprint density at radius 2 is 1.90 bits per heavy atom. The second kappa shape index (κ2) is 8.85. The van der Waals surface area contributed by atoms with Crippen molar-refractivity contribution in [2.75, 3.05) is 31.6 Å². The van der Waals surface area contributed by atoms with Crippen molar-refractivity contribution < 1.29 is 36.6 Å². The Morgan fingerprint density at radius 3 is 2.48 bits per heavy atom. The molecule has 1 atom stereocenters. The molecule has 2 fully saturated rings. The highest BCUT2D eigenvalue weighted by Gasteiger charge is 2.33. The van der Waals surface area contributed by atoms with Crippen LogP contribution in [0.5, 0.6) is 5.75 Å². The molecule has 2 heterocycles. The highest BCUT2D eigenvalue weighted by atomic mass is 19.4. The molecule has 160 valence electrons. The molecule has 1 aromatic rings. The molecule has 2 saturated heterocycles. The maximum atomic E-state index is 13.7. The molecule has 0 aromatic heterocycles. The van der Waals surface area contributed by atoms with Gasteiger partial charge in [-0.25, -0.2) is 9.18 Å². The van der Waals surface area contributed by atoms with Gasteiger partial charge in [-0.3, -0.25) is 4.79 Å². The summed E-state index contributed by atoms with van der Waals surface area (Å²) in [7, 11) is 0. The predicted octanol–water partition coefficient (Wildman–Crippen LogP) is 2.87. The second-order valence-electron chi connectivity index (χ2n) is 6.95. The van der Waals surface area contributed by atoms with Gasteiger partial charge in [0, 0.05) is 37.5 Å². The fourth-order valence-electron chi connectivity index (χ4n) is 3.37. The first-order valence-electron chi connectivity index (χ1n) is 9.20. The molecule has 29 heavy (non-hydrogen) atoms. The molecule has 2 aliphatic rings. The van der Waals surface area contributed by atoms with Crippen LogP contribution >= 0.6 is 0 Å². The Labute approximate surface area is 164 Å². The Bertz CT molecular complexity index is 745. The highest BCUT2D eigenvalue weighted by Crippen LogP contribution is 2.27. The van der Waals surface area contributed by atoms with Crippen LogP contribution in [0.2, 0.25) is 0 Å². The Balaban J connectivity index is 1.45. The van der Waals surface area contributed by atoms with Crippen LogP contribution in [0.15, 0.2) is 18.2 Å². The Hall–Kier alpha value is -2.56. The molecule has 1 aromatic carbocycles. The van der Waals surface area contributed by atoms with Gasteiger partial charge in [0.25, 0.3) is 0 Å². The molecule has 3 rings (SSSR count). The lowest BCUT2D eigenvalue weighted by atomic mass is 10.0. The number of rotatable bonds is 4. The number of carbonyl (C=O) groups is 2. The number of urea groups is 1. The molecule has 0 bridgehead atoms. The standard InChI is InChI=1S/C18H21F4N3O4/c19-14-9-13(1-2-15(14)29-18(20,21)22)24-17(27)23-12-3-6-25(7-4-12)16(26)11-5-8-28-10-11/h1-2,9,11-12H,3-8,10H2,(H2,23,24,27)/t11-/m1/s1. The molecule has 0 saturated carbocycles. The number of nitrogens with zero attached hydrogens (tertiary/aromatic N) is 1. The predicted molar refractivity (Wildman–Crippen MR) is 93.8 cm³/mol. The van der Waals surface area contributed by atoms with E-state index in [-0.39, 0.29) is 23.6 Å². The van der Waals surface area contributed by atoms with Crippen LogP contribution in [0.1, 0.15) is 19.3 Å². The summed E-state index contributed by atoms with van der Waals surface area (Å²) in [6, 6.07) is 1.86. The number of amides is 3. The summed E-state index contributed by atoms with van der Waals surface area (Å²) in [6.45, 7) is 2.07. The molecule has 11 heteroatoms. The SMILES string of the molecule is O=C(Nc1ccc(OC(F)(F)F)c(F)c1)NC1CCN(C(=O)[C@@H]2CCOC2)CC1. The number of nitrogens with one attached hydrogen (secondary N) is 2. The van der Waals surface area contributed by atoms with Crippen LogP contribution in [0.4, 0.5) is 28.0 Å². The third kappa shape index (κ3) is 5.96. The van der Waals surface area contributed by atoms with Crippen molar-refractivity contribution in [1.29, 1.82) is 0 Å². The molecule has 0 radical (unpaired) electrons. The average molecular weight is 419 g/mol. The first-order chi connectivity index (χ1) is 13.7. The second-order valence-corrected chi connectivity index (χ2v) is 6.95.